The Bertz CT molecular complexity index is 863. The molecule has 5 heterocycles. The normalized spacial score (nSPS) is 32.8. The van der Waals surface area contributed by atoms with Crippen molar-refractivity contribution in [2.45, 2.75) is 44.4 Å². The number of carbonyl (C=O) groups excluding carboxylic acids is 2. The molecule has 162 valence electrons. The van der Waals surface area contributed by atoms with Gasteiger partial charge in [-0.25, -0.2) is 0 Å². The highest BCUT2D eigenvalue weighted by atomic mass is 16.5. The number of ether oxygens (including phenoxy) is 1. The molecule has 0 saturated carbocycles. The molecule has 1 spiro atoms. The van der Waals surface area contributed by atoms with Crippen molar-refractivity contribution >= 4 is 11.8 Å². The van der Waals surface area contributed by atoms with Gasteiger partial charge in [0.15, 0.2) is 5.82 Å². The zero-order valence-electron chi connectivity index (χ0n) is 17.6. The third-order valence-electron chi connectivity index (χ3n) is 6.92. The molecular formula is C21H29N5O4. The van der Waals surface area contributed by atoms with E-state index in [1.165, 1.54) is 19.3 Å². The second-order valence-corrected chi connectivity index (χ2v) is 8.99. The highest BCUT2D eigenvalue weighted by Crippen LogP contribution is 2.52. The Balaban J connectivity index is 1.27. The second kappa shape index (κ2) is 7.46. The van der Waals surface area contributed by atoms with Crippen molar-refractivity contribution < 1.29 is 18.8 Å². The number of aryl methyl sites for hydroxylation is 1. The van der Waals surface area contributed by atoms with Gasteiger partial charge in [0, 0.05) is 20.1 Å². The molecule has 3 saturated heterocycles. The smallest absolute Gasteiger partial charge is 0.246 e. The molecule has 3 fully saturated rings. The van der Waals surface area contributed by atoms with E-state index in [4.69, 9.17) is 9.26 Å². The Kier molecular flexibility index (Phi) is 4.89. The number of fused-ring (bicyclic) bond motifs is 1. The second-order valence-electron chi connectivity index (χ2n) is 8.99. The summed E-state index contributed by atoms with van der Waals surface area (Å²) in [7, 11) is 1.71. The summed E-state index contributed by atoms with van der Waals surface area (Å²) in [5.74, 6) is -0.104. The van der Waals surface area contributed by atoms with E-state index in [9.17, 15) is 9.59 Å². The van der Waals surface area contributed by atoms with E-state index in [1.54, 1.807) is 18.9 Å². The van der Waals surface area contributed by atoms with Gasteiger partial charge in [0.25, 0.3) is 0 Å². The van der Waals surface area contributed by atoms with Crippen LogP contribution in [0.15, 0.2) is 16.7 Å². The molecule has 9 heteroatoms. The van der Waals surface area contributed by atoms with Crippen molar-refractivity contribution in [1.82, 2.24) is 24.8 Å². The molecule has 1 aromatic rings. The minimum absolute atomic E-state index is 0.0410. The average molecular weight is 415 g/mol. The van der Waals surface area contributed by atoms with E-state index in [2.05, 4.69) is 15.0 Å². The molecule has 0 N–H and O–H groups in total. The van der Waals surface area contributed by atoms with Crippen LogP contribution in [0.4, 0.5) is 0 Å². The third-order valence-corrected chi connectivity index (χ3v) is 6.92. The van der Waals surface area contributed by atoms with Crippen molar-refractivity contribution in [1.29, 1.82) is 0 Å². The van der Waals surface area contributed by atoms with Crippen LogP contribution in [-0.4, -0.2) is 88.1 Å². The van der Waals surface area contributed by atoms with E-state index in [1.807, 2.05) is 17.1 Å². The van der Waals surface area contributed by atoms with E-state index in [-0.39, 0.29) is 24.5 Å². The molecule has 0 aliphatic carbocycles. The fourth-order valence-electron chi connectivity index (χ4n) is 5.43. The first-order valence-electron chi connectivity index (χ1n) is 10.9. The highest BCUT2D eigenvalue weighted by Gasteiger charge is 2.67. The predicted octanol–water partition coefficient (Wildman–Crippen LogP) is 0.604. The zero-order chi connectivity index (χ0) is 20.9. The zero-order valence-corrected chi connectivity index (χ0v) is 17.6. The summed E-state index contributed by atoms with van der Waals surface area (Å²) in [5.41, 5.74) is -0.661. The number of aromatic nitrogens is 2. The van der Waals surface area contributed by atoms with Crippen LogP contribution in [0.1, 0.15) is 31.0 Å². The predicted molar refractivity (Wildman–Crippen MR) is 106 cm³/mol. The third kappa shape index (κ3) is 3.24. The molecule has 30 heavy (non-hydrogen) atoms. The standard InChI is InChI=1S/C21H29N5O4/c1-14-22-16(30-23-14)12-24(2)19(27)17-15-6-7-21(29-15)13-26(20(28)18(17)21)11-10-25-8-4-3-5-9-25/h6-7,15,17-18H,3-5,8-13H2,1-2H3/t15-,17?,18?,21-/m0/s1. The number of carbonyl (C=O) groups is 2. The van der Waals surface area contributed by atoms with Crippen LogP contribution >= 0.6 is 0 Å². The Morgan fingerprint density at radius 1 is 1.30 bits per heavy atom. The van der Waals surface area contributed by atoms with Crippen LogP contribution in [0.5, 0.6) is 0 Å². The lowest BCUT2D eigenvalue weighted by molar-refractivity contribution is -0.143. The van der Waals surface area contributed by atoms with E-state index in [0.29, 0.717) is 24.8 Å². The van der Waals surface area contributed by atoms with Crippen molar-refractivity contribution in [2.24, 2.45) is 11.8 Å². The summed E-state index contributed by atoms with van der Waals surface area (Å²) >= 11 is 0. The molecule has 2 bridgehead atoms. The molecule has 2 unspecified atom stereocenters. The number of rotatable bonds is 6. The molecule has 4 aliphatic heterocycles. The Morgan fingerprint density at radius 2 is 2.10 bits per heavy atom. The van der Waals surface area contributed by atoms with Crippen LogP contribution < -0.4 is 0 Å². The average Bonchev–Trinajstić information content (AvgIpc) is 3.48. The van der Waals surface area contributed by atoms with Gasteiger partial charge in [0.2, 0.25) is 17.7 Å². The summed E-state index contributed by atoms with van der Waals surface area (Å²) < 4.78 is 11.4. The minimum atomic E-state index is -0.661. The quantitative estimate of drug-likeness (QED) is 0.629. The van der Waals surface area contributed by atoms with Crippen LogP contribution in [0.25, 0.3) is 0 Å². The Morgan fingerprint density at radius 3 is 2.83 bits per heavy atom. The SMILES string of the molecule is Cc1noc(CN(C)C(=O)C2C3C(=O)N(CCN4CCCCC4)C[C@@]34C=C[C@@H]2O4)n1. The van der Waals surface area contributed by atoms with Gasteiger partial charge in [-0.3, -0.25) is 9.59 Å². The fraction of sp³-hybridized carbons (Fsp3) is 0.714. The first-order chi connectivity index (χ1) is 14.5. The number of hydrogen-bond acceptors (Lipinski definition) is 7. The topological polar surface area (TPSA) is 92.0 Å². The van der Waals surface area contributed by atoms with Crippen molar-refractivity contribution in [3.8, 4) is 0 Å². The van der Waals surface area contributed by atoms with Crippen molar-refractivity contribution in [3.05, 3.63) is 23.9 Å². The molecule has 4 aliphatic rings. The molecule has 4 atom stereocenters. The van der Waals surface area contributed by atoms with Gasteiger partial charge in [-0.05, 0) is 32.9 Å². The first kappa shape index (κ1) is 19.7. The molecule has 2 amide bonds. The maximum Gasteiger partial charge on any atom is 0.246 e. The molecular weight excluding hydrogens is 386 g/mol. The molecule has 1 aromatic heterocycles. The summed E-state index contributed by atoms with van der Waals surface area (Å²) in [6, 6.07) is 0. The molecule has 5 rings (SSSR count). The van der Waals surface area contributed by atoms with Crippen LogP contribution in [-0.2, 0) is 20.9 Å². The lowest BCUT2D eigenvalue weighted by Crippen LogP contribution is -2.45. The fourth-order valence-corrected chi connectivity index (χ4v) is 5.43. The van der Waals surface area contributed by atoms with Crippen LogP contribution in [0, 0.1) is 18.8 Å². The molecule has 0 radical (unpaired) electrons. The van der Waals surface area contributed by atoms with Gasteiger partial charge >= 0.3 is 0 Å². The summed E-state index contributed by atoms with van der Waals surface area (Å²) in [4.78, 5) is 36.7. The minimum Gasteiger partial charge on any atom is -0.360 e. The number of nitrogens with zero attached hydrogens (tertiary/aromatic N) is 5. The van der Waals surface area contributed by atoms with Gasteiger partial charge in [-0.1, -0.05) is 23.7 Å². The summed E-state index contributed by atoms with van der Waals surface area (Å²) in [6.07, 6.45) is 7.37. The maximum atomic E-state index is 13.3. The molecule has 0 aromatic carbocycles. The van der Waals surface area contributed by atoms with Crippen LogP contribution in [0.2, 0.25) is 0 Å². The van der Waals surface area contributed by atoms with Gasteiger partial charge in [-0.2, -0.15) is 4.98 Å². The van der Waals surface area contributed by atoms with E-state index >= 15 is 0 Å². The Labute approximate surface area is 176 Å². The first-order valence-corrected chi connectivity index (χ1v) is 10.9. The maximum absolute atomic E-state index is 13.3. The Hall–Kier alpha value is -2.26. The van der Waals surface area contributed by atoms with Gasteiger partial charge < -0.3 is 24.0 Å². The monoisotopic (exact) mass is 415 g/mol. The van der Waals surface area contributed by atoms with Gasteiger partial charge in [-0.15, -0.1) is 0 Å². The summed E-state index contributed by atoms with van der Waals surface area (Å²) in [5, 5.41) is 3.77. The summed E-state index contributed by atoms with van der Waals surface area (Å²) in [6.45, 7) is 6.29. The van der Waals surface area contributed by atoms with Gasteiger partial charge in [0.05, 0.1) is 31.0 Å². The number of likely N-dealkylation sites (tertiary alicyclic amines) is 2. The van der Waals surface area contributed by atoms with Gasteiger partial charge in [0.1, 0.15) is 5.60 Å². The van der Waals surface area contributed by atoms with Crippen molar-refractivity contribution in [2.75, 3.05) is 39.8 Å². The number of amides is 2. The van der Waals surface area contributed by atoms with E-state index in [0.717, 1.165) is 19.6 Å². The molecule has 9 nitrogen and oxygen atoms in total. The lowest BCUT2D eigenvalue weighted by Gasteiger charge is -2.29. The van der Waals surface area contributed by atoms with Crippen molar-refractivity contribution in [3.63, 3.8) is 0 Å². The lowest BCUT2D eigenvalue weighted by atomic mass is 9.76. The van der Waals surface area contributed by atoms with E-state index < -0.39 is 17.4 Å². The van der Waals surface area contributed by atoms with Crippen LogP contribution in [0.3, 0.4) is 0 Å². The number of piperidine rings is 1. The number of hydrogen-bond donors (Lipinski definition) is 0. The highest BCUT2D eigenvalue weighted by molar-refractivity contribution is 5.93. The largest absolute Gasteiger partial charge is 0.360 e.